The maximum atomic E-state index is 9.35. The molecular formula is C13H19ClN2O. The maximum absolute atomic E-state index is 9.35. The standard InChI is InChI=1S/C13H19ClN2O/c14-12-8-15-6-5-13(12)16-7-10-3-1-2-4-11(10)9-17/h5-6,8,10-11,17H,1-4,7,9H2,(H,15,16). The first-order valence-corrected chi connectivity index (χ1v) is 6.63. The Kier molecular flexibility index (Phi) is 4.63. The Morgan fingerprint density at radius 3 is 2.82 bits per heavy atom. The lowest BCUT2D eigenvalue weighted by Gasteiger charge is -2.30. The Bertz CT molecular complexity index is 359. The fraction of sp³-hybridized carbons (Fsp3) is 0.615. The summed E-state index contributed by atoms with van der Waals surface area (Å²) in [5, 5.41) is 13.4. The number of rotatable bonds is 4. The second-order valence-corrected chi connectivity index (χ2v) is 5.13. The van der Waals surface area contributed by atoms with E-state index in [-0.39, 0.29) is 0 Å². The molecule has 0 spiro atoms. The molecule has 1 saturated carbocycles. The molecule has 1 aromatic heterocycles. The number of hydrogen-bond acceptors (Lipinski definition) is 3. The van der Waals surface area contributed by atoms with Crippen molar-refractivity contribution in [1.29, 1.82) is 0 Å². The second kappa shape index (κ2) is 6.22. The minimum Gasteiger partial charge on any atom is -0.396 e. The summed E-state index contributed by atoms with van der Waals surface area (Å²) in [6, 6.07) is 1.89. The molecule has 3 nitrogen and oxygen atoms in total. The van der Waals surface area contributed by atoms with E-state index in [1.807, 2.05) is 6.07 Å². The number of anilines is 1. The van der Waals surface area contributed by atoms with Crippen LogP contribution in [0.15, 0.2) is 18.5 Å². The molecule has 94 valence electrons. The second-order valence-electron chi connectivity index (χ2n) is 4.72. The highest BCUT2D eigenvalue weighted by Crippen LogP contribution is 2.30. The lowest BCUT2D eigenvalue weighted by Crippen LogP contribution is -2.28. The Balaban J connectivity index is 1.90. The zero-order valence-corrected chi connectivity index (χ0v) is 10.7. The monoisotopic (exact) mass is 254 g/mol. The third kappa shape index (κ3) is 3.33. The summed E-state index contributed by atoms with van der Waals surface area (Å²) in [4.78, 5) is 3.96. The molecule has 2 unspecified atom stereocenters. The summed E-state index contributed by atoms with van der Waals surface area (Å²) in [6.45, 7) is 1.19. The molecule has 0 aliphatic heterocycles. The number of nitrogens with zero attached hydrogens (tertiary/aromatic N) is 1. The van der Waals surface area contributed by atoms with Crippen LogP contribution in [0.2, 0.25) is 5.02 Å². The molecule has 1 heterocycles. The predicted octanol–water partition coefficient (Wildman–Crippen LogP) is 2.95. The van der Waals surface area contributed by atoms with Crippen molar-refractivity contribution in [2.45, 2.75) is 25.7 Å². The number of hydrogen-bond donors (Lipinski definition) is 2. The van der Waals surface area contributed by atoms with Gasteiger partial charge in [0.2, 0.25) is 0 Å². The topological polar surface area (TPSA) is 45.1 Å². The van der Waals surface area contributed by atoms with E-state index in [2.05, 4.69) is 10.3 Å². The quantitative estimate of drug-likeness (QED) is 0.868. The zero-order chi connectivity index (χ0) is 12.1. The highest BCUT2D eigenvalue weighted by atomic mass is 35.5. The SMILES string of the molecule is OCC1CCCCC1CNc1ccncc1Cl. The molecular weight excluding hydrogens is 236 g/mol. The van der Waals surface area contributed by atoms with E-state index < -0.39 is 0 Å². The Morgan fingerprint density at radius 2 is 2.12 bits per heavy atom. The fourth-order valence-corrected chi connectivity index (χ4v) is 2.74. The van der Waals surface area contributed by atoms with Crippen molar-refractivity contribution in [2.24, 2.45) is 11.8 Å². The molecule has 2 atom stereocenters. The summed E-state index contributed by atoms with van der Waals surface area (Å²) in [5.74, 6) is 0.995. The average Bonchev–Trinajstić information content (AvgIpc) is 2.38. The van der Waals surface area contributed by atoms with Crippen LogP contribution in [0.4, 0.5) is 5.69 Å². The third-order valence-corrected chi connectivity index (χ3v) is 3.93. The summed E-state index contributed by atoms with van der Waals surface area (Å²) < 4.78 is 0. The van der Waals surface area contributed by atoms with Crippen LogP contribution in [-0.2, 0) is 0 Å². The van der Waals surface area contributed by atoms with Gasteiger partial charge in [-0.15, -0.1) is 0 Å². The first-order chi connectivity index (χ1) is 8.31. The van der Waals surface area contributed by atoms with E-state index in [0.717, 1.165) is 18.7 Å². The van der Waals surface area contributed by atoms with Gasteiger partial charge in [-0.25, -0.2) is 0 Å². The molecule has 1 aliphatic carbocycles. The van der Waals surface area contributed by atoms with Gasteiger partial charge in [0.25, 0.3) is 0 Å². The molecule has 4 heteroatoms. The van der Waals surface area contributed by atoms with E-state index >= 15 is 0 Å². The average molecular weight is 255 g/mol. The number of pyridine rings is 1. The van der Waals surface area contributed by atoms with Crippen molar-refractivity contribution in [1.82, 2.24) is 4.98 Å². The van der Waals surface area contributed by atoms with Gasteiger partial charge >= 0.3 is 0 Å². The van der Waals surface area contributed by atoms with Gasteiger partial charge in [-0.3, -0.25) is 4.98 Å². The van der Waals surface area contributed by atoms with Crippen molar-refractivity contribution in [3.63, 3.8) is 0 Å². The van der Waals surface area contributed by atoms with Crippen molar-refractivity contribution < 1.29 is 5.11 Å². The lowest BCUT2D eigenvalue weighted by atomic mass is 9.79. The number of nitrogens with one attached hydrogen (secondary N) is 1. The molecule has 0 bridgehead atoms. The molecule has 0 radical (unpaired) electrons. The van der Waals surface area contributed by atoms with Gasteiger partial charge in [-0.2, -0.15) is 0 Å². The highest BCUT2D eigenvalue weighted by molar-refractivity contribution is 6.33. The van der Waals surface area contributed by atoms with Gasteiger partial charge in [-0.05, 0) is 30.7 Å². The summed E-state index contributed by atoms with van der Waals surface area (Å²) in [6.07, 6.45) is 8.24. The highest BCUT2D eigenvalue weighted by Gasteiger charge is 2.24. The summed E-state index contributed by atoms with van der Waals surface area (Å²) >= 11 is 6.04. The molecule has 0 saturated heterocycles. The van der Waals surface area contributed by atoms with Crippen LogP contribution in [0.5, 0.6) is 0 Å². The van der Waals surface area contributed by atoms with E-state index in [1.54, 1.807) is 12.4 Å². The van der Waals surface area contributed by atoms with Crippen molar-refractivity contribution in [2.75, 3.05) is 18.5 Å². The van der Waals surface area contributed by atoms with Crippen molar-refractivity contribution >= 4 is 17.3 Å². The van der Waals surface area contributed by atoms with Crippen molar-refractivity contribution in [3.8, 4) is 0 Å². The molecule has 0 aromatic carbocycles. The van der Waals surface area contributed by atoms with Crippen LogP contribution in [0.25, 0.3) is 0 Å². The van der Waals surface area contributed by atoms with Crippen LogP contribution >= 0.6 is 11.6 Å². The van der Waals surface area contributed by atoms with Crippen LogP contribution in [0.1, 0.15) is 25.7 Å². The van der Waals surface area contributed by atoms with Crippen LogP contribution < -0.4 is 5.32 Å². The molecule has 1 aromatic rings. The molecule has 17 heavy (non-hydrogen) atoms. The van der Waals surface area contributed by atoms with Crippen molar-refractivity contribution in [3.05, 3.63) is 23.5 Å². The number of halogens is 1. The molecule has 2 rings (SSSR count). The first-order valence-electron chi connectivity index (χ1n) is 6.25. The Hall–Kier alpha value is -0.800. The van der Waals surface area contributed by atoms with E-state index in [1.165, 1.54) is 19.3 Å². The van der Waals surface area contributed by atoms with E-state index in [0.29, 0.717) is 23.5 Å². The minimum absolute atomic E-state index is 0.302. The predicted molar refractivity (Wildman–Crippen MR) is 70.3 cm³/mol. The van der Waals surface area contributed by atoms with Gasteiger partial charge in [0.05, 0.1) is 10.7 Å². The minimum atomic E-state index is 0.302. The normalized spacial score (nSPS) is 24.6. The first kappa shape index (κ1) is 12.7. The van der Waals surface area contributed by atoms with E-state index in [9.17, 15) is 5.11 Å². The summed E-state index contributed by atoms with van der Waals surface area (Å²) in [7, 11) is 0. The summed E-state index contributed by atoms with van der Waals surface area (Å²) in [5.41, 5.74) is 0.934. The fourth-order valence-electron chi connectivity index (χ4n) is 2.55. The van der Waals surface area contributed by atoms with Gasteiger partial charge in [0, 0.05) is 25.5 Å². The van der Waals surface area contributed by atoms with Crippen LogP contribution in [-0.4, -0.2) is 23.2 Å². The largest absolute Gasteiger partial charge is 0.396 e. The number of aliphatic hydroxyl groups excluding tert-OH is 1. The van der Waals surface area contributed by atoms with E-state index in [4.69, 9.17) is 11.6 Å². The smallest absolute Gasteiger partial charge is 0.0820 e. The molecule has 1 aliphatic rings. The molecule has 1 fully saturated rings. The van der Waals surface area contributed by atoms with Gasteiger partial charge in [-0.1, -0.05) is 24.4 Å². The van der Waals surface area contributed by atoms with Gasteiger partial charge in [0.1, 0.15) is 0 Å². The van der Waals surface area contributed by atoms with Gasteiger partial charge < -0.3 is 10.4 Å². The Labute approximate surface area is 107 Å². The van der Waals surface area contributed by atoms with Crippen LogP contribution in [0.3, 0.4) is 0 Å². The number of aliphatic hydroxyl groups is 1. The Morgan fingerprint density at radius 1 is 1.35 bits per heavy atom. The molecule has 2 N–H and O–H groups in total. The third-order valence-electron chi connectivity index (χ3n) is 3.63. The lowest BCUT2D eigenvalue weighted by molar-refractivity contribution is 0.141. The van der Waals surface area contributed by atoms with Crippen LogP contribution in [0, 0.1) is 11.8 Å². The zero-order valence-electron chi connectivity index (χ0n) is 9.90. The van der Waals surface area contributed by atoms with Gasteiger partial charge in [0.15, 0.2) is 0 Å². The molecule has 0 amide bonds. The maximum Gasteiger partial charge on any atom is 0.0820 e. The number of aromatic nitrogens is 1.